The molecule has 0 bridgehead atoms. The Balaban J connectivity index is 2.63. The zero-order chi connectivity index (χ0) is 10.3. The van der Waals surface area contributed by atoms with Crippen LogP contribution in [0.3, 0.4) is 0 Å². The lowest BCUT2D eigenvalue weighted by Gasteiger charge is -2.05. The quantitative estimate of drug-likeness (QED) is 0.733. The highest BCUT2D eigenvalue weighted by Crippen LogP contribution is 2.29. The zero-order valence-electron chi connectivity index (χ0n) is 6.59. The summed E-state index contributed by atoms with van der Waals surface area (Å²) in [5.41, 5.74) is -0.644. The fraction of sp³-hybridized carbons (Fsp3) is 0.143. The van der Waals surface area contributed by atoms with Crippen LogP contribution in [0.1, 0.15) is 5.56 Å². The first-order valence-corrected chi connectivity index (χ1v) is 4.34. The summed E-state index contributed by atoms with van der Waals surface area (Å²) in [6, 6.07) is 0.942. The maximum absolute atomic E-state index is 12.2. The SMILES string of the molecule is FC(F)(F)c1cnn2c(Br)cnc2c1. The molecule has 0 fully saturated rings. The lowest BCUT2D eigenvalue weighted by Crippen LogP contribution is -2.07. The van der Waals surface area contributed by atoms with Crippen molar-refractivity contribution in [1.29, 1.82) is 0 Å². The van der Waals surface area contributed by atoms with Crippen molar-refractivity contribution < 1.29 is 13.2 Å². The molecular weight excluding hydrogens is 263 g/mol. The second-order valence-corrected chi connectivity index (χ2v) is 3.41. The van der Waals surface area contributed by atoms with Crippen LogP contribution in [0.25, 0.3) is 5.65 Å². The molecule has 0 spiro atoms. The van der Waals surface area contributed by atoms with Crippen molar-refractivity contribution in [2.24, 2.45) is 0 Å². The van der Waals surface area contributed by atoms with E-state index in [9.17, 15) is 13.2 Å². The number of hydrogen-bond acceptors (Lipinski definition) is 2. The highest BCUT2D eigenvalue weighted by molar-refractivity contribution is 9.10. The molecule has 0 aromatic carbocycles. The van der Waals surface area contributed by atoms with E-state index in [1.54, 1.807) is 0 Å². The van der Waals surface area contributed by atoms with Crippen molar-refractivity contribution in [3.63, 3.8) is 0 Å². The molecule has 2 aromatic rings. The predicted molar refractivity (Wildman–Crippen MR) is 45.7 cm³/mol. The second kappa shape index (κ2) is 2.94. The summed E-state index contributed by atoms with van der Waals surface area (Å²) >= 11 is 3.10. The van der Waals surface area contributed by atoms with Crippen LogP contribution in [0.4, 0.5) is 13.2 Å². The number of aromatic nitrogens is 3. The molecule has 74 valence electrons. The minimum atomic E-state index is -4.38. The van der Waals surface area contributed by atoms with Gasteiger partial charge in [-0.2, -0.15) is 18.3 Å². The number of imidazole rings is 1. The third kappa shape index (κ3) is 1.47. The van der Waals surface area contributed by atoms with Gasteiger partial charge in [0, 0.05) is 0 Å². The molecule has 0 unspecified atom stereocenters. The van der Waals surface area contributed by atoms with E-state index in [1.165, 1.54) is 10.7 Å². The average molecular weight is 266 g/mol. The predicted octanol–water partition coefficient (Wildman–Crippen LogP) is 2.51. The van der Waals surface area contributed by atoms with Crippen LogP contribution in [0.2, 0.25) is 0 Å². The van der Waals surface area contributed by atoms with E-state index in [0.29, 0.717) is 4.60 Å². The molecule has 2 aromatic heterocycles. The monoisotopic (exact) mass is 265 g/mol. The Labute approximate surface area is 84.7 Å². The van der Waals surface area contributed by atoms with Gasteiger partial charge in [0.05, 0.1) is 18.0 Å². The van der Waals surface area contributed by atoms with E-state index in [2.05, 4.69) is 26.0 Å². The first-order chi connectivity index (χ1) is 6.48. The van der Waals surface area contributed by atoms with Crippen LogP contribution < -0.4 is 0 Å². The Morgan fingerprint density at radius 3 is 2.64 bits per heavy atom. The standard InChI is InChI=1S/C7H3BrF3N3/c8-5-3-12-6-1-4(7(9,10)11)2-13-14(5)6/h1-3H. The van der Waals surface area contributed by atoms with E-state index >= 15 is 0 Å². The van der Waals surface area contributed by atoms with E-state index in [4.69, 9.17) is 0 Å². The minimum Gasteiger partial charge on any atom is -0.234 e. The Morgan fingerprint density at radius 1 is 1.29 bits per heavy atom. The van der Waals surface area contributed by atoms with Crippen molar-refractivity contribution in [1.82, 2.24) is 14.6 Å². The first kappa shape index (κ1) is 9.45. The summed E-state index contributed by atoms with van der Waals surface area (Å²) in [5.74, 6) is 0. The van der Waals surface area contributed by atoms with Gasteiger partial charge >= 0.3 is 6.18 Å². The number of hydrogen-bond donors (Lipinski definition) is 0. The molecule has 14 heavy (non-hydrogen) atoms. The molecule has 2 rings (SSSR count). The number of alkyl halides is 3. The summed E-state index contributed by atoms with van der Waals surface area (Å²) in [4.78, 5) is 3.75. The van der Waals surface area contributed by atoms with Gasteiger partial charge in [0.2, 0.25) is 0 Å². The summed E-state index contributed by atoms with van der Waals surface area (Å²) in [6.07, 6.45) is -2.23. The van der Waals surface area contributed by atoms with Crippen molar-refractivity contribution in [2.75, 3.05) is 0 Å². The van der Waals surface area contributed by atoms with Crippen LogP contribution >= 0.6 is 15.9 Å². The molecule has 0 radical (unpaired) electrons. The number of halogens is 4. The normalized spacial score (nSPS) is 12.3. The zero-order valence-corrected chi connectivity index (χ0v) is 8.17. The van der Waals surface area contributed by atoms with Crippen LogP contribution in [-0.4, -0.2) is 14.6 Å². The number of rotatable bonds is 0. The summed E-state index contributed by atoms with van der Waals surface area (Å²) < 4.78 is 38.5. The van der Waals surface area contributed by atoms with Gasteiger partial charge in [0.15, 0.2) is 5.65 Å². The topological polar surface area (TPSA) is 30.2 Å². The maximum Gasteiger partial charge on any atom is 0.418 e. The molecule has 7 heteroatoms. The number of fused-ring (bicyclic) bond motifs is 1. The Kier molecular flexibility index (Phi) is 1.99. The molecule has 2 heterocycles. The minimum absolute atomic E-state index is 0.159. The lowest BCUT2D eigenvalue weighted by atomic mass is 10.3. The van der Waals surface area contributed by atoms with Crippen LogP contribution in [0.5, 0.6) is 0 Å². The van der Waals surface area contributed by atoms with E-state index in [0.717, 1.165) is 12.3 Å². The van der Waals surface area contributed by atoms with Gasteiger partial charge in [-0.25, -0.2) is 9.50 Å². The maximum atomic E-state index is 12.2. The molecule has 0 saturated heterocycles. The van der Waals surface area contributed by atoms with Crippen molar-refractivity contribution in [2.45, 2.75) is 6.18 Å². The molecule has 0 N–H and O–H groups in total. The molecule has 3 nitrogen and oxygen atoms in total. The van der Waals surface area contributed by atoms with Gasteiger partial charge in [0.1, 0.15) is 4.60 Å². The number of nitrogens with zero attached hydrogens (tertiary/aromatic N) is 3. The van der Waals surface area contributed by atoms with Crippen LogP contribution in [0, 0.1) is 0 Å². The first-order valence-electron chi connectivity index (χ1n) is 3.55. The van der Waals surface area contributed by atoms with Gasteiger partial charge in [-0.1, -0.05) is 0 Å². The molecule has 0 saturated carbocycles. The molecule has 0 aliphatic carbocycles. The molecule has 0 aliphatic rings. The third-order valence-corrected chi connectivity index (χ3v) is 2.19. The van der Waals surface area contributed by atoms with Crippen LogP contribution in [-0.2, 0) is 6.18 Å². The molecule has 0 amide bonds. The van der Waals surface area contributed by atoms with E-state index in [-0.39, 0.29) is 5.65 Å². The Hall–Kier alpha value is -1.11. The van der Waals surface area contributed by atoms with Gasteiger partial charge in [-0.05, 0) is 22.0 Å². The van der Waals surface area contributed by atoms with Crippen LogP contribution in [0.15, 0.2) is 23.1 Å². The van der Waals surface area contributed by atoms with E-state index in [1.807, 2.05) is 0 Å². The van der Waals surface area contributed by atoms with Gasteiger partial charge in [0.25, 0.3) is 0 Å². The highest BCUT2D eigenvalue weighted by atomic mass is 79.9. The second-order valence-electron chi connectivity index (χ2n) is 2.59. The third-order valence-electron chi connectivity index (χ3n) is 1.65. The Morgan fingerprint density at radius 2 is 2.00 bits per heavy atom. The molecular formula is C7H3BrF3N3. The summed E-state index contributed by atoms with van der Waals surface area (Å²) in [5, 5.41) is 3.59. The molecule has 0 aliphatic heterocycles. The van der Waals surface area contributed by atoms with Gasteiger partial charge in [-0.15, -0.1) is 0 Å². The lowest BCUT2D eigenvalue weighted by molar-refractivity contribution is -0.137. The smallest absolute Gasteiger partial charge is 0.234 e. The summed E-state index contributed by atoms with van der Waals surface area (Å²) in [6.45, 7) is 0. The fourth-order valence-corrected chi connectivity index (χ4v) is 1.38. The largest absolute Gasteiger partial charge is 0.418 e. The van der Waals surface area contributed by atoms with E-state index < -0.39 is 11.7 Å². The average Bonchev–Trinajstić information content (AvgIpc) is 2.46. The fourth-order valence-electron chi connectivity index (χ4n) is 1.00. The van der Waals surface area contributed by atoms with Crippen molar-refractivity contribution in [3.05, 3.63) is 28.6 Å². The Bertz CT molecular complexity index is 476. The van der Waals surface area contributed by atoms with Gasteiger partial charge < -0.3 is 0 Å². The highest BCUT2D eigenvalue weighted by Gasteiger charge is 2.31. The molecule has 0 atom stereocenters. The summed E-state index contributed by atoms with van der Waals surface area (Å²) in [7, 11) is 0. The van der Waals surface area contributed by atoms with Crippen molar-refractivity contribution in [3.8, 4) is 0 Å². The van der Waals surface area contributed by atoms with Crippen molar-refractivity contribution >= 4 is 21.6 Å². The van der Waals surface area contributed by atoms with Gasteiger partial charge in [-0.3, -0.25) is 0 Å².